The van der Waals surface area contributed by atoms with Crippen molar-refractivity contribution in [1.29, 1.82) is 0 Å². The van der Waals surface area contributed by atoms with Gasteiger partial charge in [-0.1, -0.05) is 0 Å². The van der Waals surface area contributed by atoms with Crippen LogP contribution in [0.2, 0.25) is 0 Å². The summed E-state index contributed by atoms with van der Waals surface area (Å²) >= 11 is 0. The highest BCUT2D eigenvalue weighted by atomic mass is 16.5. The first kappa shape index (κ1) is 18.7. The minimum absolute atomic E-state index is 0.0132. The number of methoxy groups -OCH3 is 2. The molecule has 1 aromatic rings. The molecule has 8 heteroatoms. The number of aliphatic hydroxyl groups excluding tert-OH is 1. The highest BCUT2D eigenvalue weighted by Gasteiger charge is 2.75. The van der Waals surface area contributed by atoms with Gasteiger partial charge in [-0.3, -0.25) is 9.69 Å². The monoisotopic (exact) mass is 428 g/mol. The van der Waals surface area contributed by atoms with Crippen molar-refractivity contribution in [2.24, 2.45) is 11.8 Å². The minimum Gasteiger partial charge on any atom is -0.493 e. The molecule has 8 atom stereocenters. The number of anilines is 1. The molecule has 6 aliphatic rings. The van der Waals surface area contributed by atoms with E-state index in [1.165, 1.54) is 0 Å². The van der Waals surface area contributed by atoms with Crippen molar-refractivity contribution in [2.45, 2.75) is 54.6 Å². The molecule has 0 radical (unpaired) electrons. The van der Waals surface area contributed by atoms with Gasteiger partial charge in [0.05, 0.1) is 45.1 Å². The van der Waals surface area contributed by atoms with Crippen LogP contribution in [0.15, 0.2) is 12.1 Å². The quantitative estimate of drug-likeness (QED) is 0.699. The number of piperidine rings is 2. The molecular formula is C23H28N2O6. The van der Waals surface area contributed by atoms with Crippen LogP contribution in [0, 0.1) is 11.8 Å². The Morgan fingerprint density at radius 3 is 2.77 bits per heavy atom. The van der Waals surface area contributed by atoms with Crippen molar-refractivity contribution in [2.75, 3.05) is 38.8 Å². The number of benzene rings is 1. The summed E-state index contributed by atoms with van der Waals surface area (Å²) in [6.45, 7) is 1.38. The van der Waals surface area contributed by atoms with Gasteiger partial charge in [0.2, 0.25) is 5.91 Å². The summed E-state index contributed by atoms with van der Waals surface area (Å²) in [4.78, 5) is 17.8. The van der Waals surface area contributed by atoms with Gasteiger partial charge in [-0.25, -0.2) is 0 Å². The molecule has 1 spiro atoms. The van der Waals surface area contributed by atoms with Gasteiger partial charge in [0.25, 0.3) is 0 Å². The lowest BCUT2D eigenvalue weighted by molar-refractivity contribution is -0.184. The lowest BCUT2D eigenvalue weighted by Gasteiger charge is -2.61. The number of carbonyl (C=O) groups is 1. The summed E-state index contributed by atoms with van der Waals surface area (Å²) in [5.41, 5.74) is 0.645. The number of rotatable bonds is 2. The van der Waals surface area contributed by atoms with Gasteiger partial charge in [-0.05, 0) is 31.0 Å². The van der Waals surface area contributed by atoms with Crippen molar-refractivity contribution in [3.8, 4) is 11.5 Å². The standard InChI is InChI=1S/C23H28N2O6/c1-29-14-5-11-13(7-15(14)30-2)25-19(27)8-16-20-12-6-17-22(11,21(20)25)3-4-24(17)10-23(12,28)18(26)9-31-16/h5,7,12,16-18,20-21,26,28H,3-4,6,8-10H2,1-2H3/t12?,16-,17?,18-,20?,21-,22+,23?/m0/s1. The number of fused-ring (bicyclic) bond motifs is 2. The number of carbonyl (C=O) groups excluding carboxylic acids is 1. The molecule has 5 aliphatic heterocycles. The van der Waals surface area contributed by atoms with E-state index in [0.717, 1.165) is 30.6 Å². The lowest BCUT2D eigenvalue weighted by Crippen LogP contribution is -2.74. The number of aliphatic hydroxyl groups is 2. The molecule has 4 unspecified atom stereocenters. The van der Waals surface area contributed by atoms with Crippen LogP contribution >= 0.6 is 0 Å². The molecule has 4 saturated heterocycles. The van der Waals surface area contributed by atoms with E-state index < -0.39 is 11.7 Å². The summed E-state index contributed by atoms with van der Waals surface area (Å²) in [5.74, 6) is 1.24. The Hall–Kier alpha value is -1.87. The summed E-state index contributed by atoms with van der Waals surface area (Å²) in [5, 5.41) is 22.7. The first-order valence-corrected chi connectivity index (χ1v) is 11.3. The fourth-order valence-electron chi connectivity index (χ4n) is 8.32. The van der Waals surface area contributed by atoms with Crippen molar-refractivity contribution in [3.63, 3.8) is 0 Å². The van der Waals surface area contributed by atoms with E-state index in [9.17, 15) is 15.0 Å². The second-order valence-corrected chi connectivity index (χ2v) is 10.2. The van der Waals surface area contributed by atoms with Crippen LogP contribution in [-0.4, -0.2) is 84.8 Å². The molecule has 0 aromatic heterocycles. The van der Waals surface area contributed by atoms with Gasteiger partial charge in [-0.2, -0.15) is 0 Å². The second-order valence-electron chi connectivity index (χ2n) is 10.2. The van der Waals surface area contributed by atoms with Gasteiger partial charge in [-0.15, -0.1) is 0 Å². The molecule has 1 amide bonds. The van der Waals surface area contributed by atoms with Gasteiger partial charge >= 0.3 is 0 Å². The molecule has 166 valence electrons. The van der Waals surface area contributed by atoms with Crippen LogP contribution in [-0.2, 0) is 14.9 Å². The van der Waals surface area contributed by atoms with Crippen LogP contribution in [0.25, 0.3) is 0 Å². The zero-order chi connectivity index (χ0) is 21.3. The zero-order valence-electron chi connectivity index (χ0n) is 17.8. The highest BCUT2D eigenvalue weighted by Crippen LogP contribution is 2.67. The molecule has 1 aromatic carbocycles. The third-order valence-corrected chi connectivity index (χ3v) is 9.44. The fourth-order valence-corrected chi connectivity index (χ4v) is 8.32. The molecule has 2 bridgehead atoms. The molecule has 31 heavy (non-hydrogen) atoms. The summed E-state index contributed by atoms with van der Waals surface area (Å²) in [6, 6.07) is 4.16. The number of amides is 1. The number of ether oxygens (including phenoxy) is 3. The topological polar surface area (TPSA) is 91.7 Å². The maximum Gasteiger partial charge on any atom is 0.229 e. The largest absolute Gasteiger partial charge is 0.493 e. The maximum absolute atomic E-state index is 13.5. The van der Waals surface area contributed by atoms with Gasteiger partial charge in [0.1, 0.15) is 11.7 Å². The number of hydrogen-bond donors (Lipinski definition) is 2. The highest BCUT2D eigenvalue weighted by molar-refractivity contribution is 5.99. The first-order valence-electron chi connectivity index (χ1n) is 11.3. The summed E-state index contributed by atoms with van der Waals surface area (Å²) in [7, 11) is 3.26. The van der Waals surface area contributed by atoms with Crippen LogP contribution in [0.4, 0.5) is 5.69 Å². The summed E-state index contributed by atoms with van der Waals surface area (Å²) in [6.07, 6.45) is 0.787. The van der Waals surface area contributed by atoms with Gasteiger partial charge < -0.3 is 29.3 Å². The van der Waals surface area contributed by atoms with Crippen LogP contribution in [0.1, 0.15) is 24.8 Å². The van der Waals surface area contributed by atoms with E-state index in [-0.39, 0.29) is 54.4 Å². The molecule has 1 aliphatic carbocycles. The molecular weight excluding hydrogens is 400 g/mol. The third-order valence-electron chi connectivity index (χ3n) is 9.44. The predicted octanol–water partition coefficient (Wildman–Crippen LogP) is 0.275. The first-order chi connectivity index (χ1) is 14.9. The predicted molar refractivity (Wildman–Crippen MR) is 109 cm³/mol. The van der Waals surface area contributed by atoms with E-state index in [2.05, 4.69) is 11.0 Å². The molecule has 8 nitrogen and oxygen atoms in total. The minimum atomic E-state index is -1.21. The summed E-state index contributed by atoms with van der Waals surface area (Å²) < 4.78 is 17.4. The normalized spacial score (nSPS) is 46.6. The Labute approximate surface area is 180 Å². The SMILES string of the molecule is COc1cc2c(cc1OC)[C@]13CCN4CC5(O)C(CC41)C1[C@H](CC(=O)N2[C@@H]13)OC[C@@H]5O. The third kappa shape index (κ3) is 1.92. The van der Waals surface area contributed by atoms with Crippen molar-refractivity contribution < 1.29 is 29.2 Å². The Bertz CT molecular complexity index is 1000. The average molecular weight is 428 g/mol. The Kier molecular flexibility index (Phi) is 3.45. The molecule has 5 fully saturated rings. The second kappa shape index (κ2) is 5.73. The molecule has 2 N–H and O–H groups in total. The van der Waals surface area contributed by atoms with E-state index in [1.54, 1.807) is 14.2 Å². The van der Waals surface area contributed by atoms with Crippen LogP contribution < -0.4 is 14.4 Å². The van der Waals surface area contributed by atoms with E-state index in [1.807, 2.05) is 11.0 Å². The Balaban J connectivity index is 1.51. The molecule has 5 heterocycles. The lowest BCUT2D eigenvalue weighted by atomic mass is 9.51. The Morgan fingerprint density at radius 2 is 2.00 bits per heavy atom. The van der Waals surface area contributed by atoms with Crippen molar-refractivity contribution in [1.82, 2.24) is 4.90 Å². The van der Waals surface area contributed by atoms with E-state index in [4.69, 9.17) is 14.2 Å². The zero-order valence-corrected chi connectivity index (χ0v) is 17.8. The van der Waals surface area contributed by atoms with Crippen LogP contribution in [0.3, 0.4) is 0 Å². The average Bonchev–Trinajstić information content (AvgIpc) is 3.26. The van der Waals surface area contributed by atoms with Gasteiger partial charge in [0.15, 0.2) is 11.5 Å². The van der Waals surface area contributed by atoms with Crippen molar-refractivity contribution in [3.05, 3.63) is 17.7 Å². The fraction of sp³-hybridized carbons (Fsp3) is 0.696. The Morgan fingerprint density at radius 1 is 1.23 bits per heavy atom. The molecule has 7 rings (SSSR count). The maximum atomic E-state index is 13.5. The van der Waals surface area contributed by atoms with Crippen molar-refractivity contribution >= 4 is 11.6 Å². The molecule has 1 saturated carbocycles. The van der Waals surface area contributed by atoms with Gasteiger partial charge in [0, 0.05) is 35.9 Å². The van der Waals surface area contributed by atoms with E-state index in [0.29, 0.717) is 18.0 Å². The van der Waals surface area contributed by atoms with Crippen LogP contribution in [0.5, 0.6) is 11.5 Å². The van der Waals surface area contributed by atoms with E-state index >= 15 is 0 Å². The smallest absolute Gasteiger partial charge is 0.229 e. The number of nitrogens with zero attached hydrogens (tertiary/aromatic N) is 2. The number of hydrogen-bond acceptors (Lipinski definition) is 7.